The van der Waals surface area contributed by atoms with Gasteiger partial charge in [0, 0.05) is 0 Å². The van der Waals surface area contributed by atoms with E-state index in [0.29, 0.717) is 0 Å². The van der Waals surface area contributed by atoms with Crippen LogP contribution in [0.5, 0.6) is 0 Å². The molecule has 126 valence electrons. The van der Waals surface area contributed by atoms with Crippen LogP contribution in [0.15, 0.2) is 103 Å². The van der Waals surface area contributed by atoms with Crippen molar-refractivity contribution in [3.05, 3.63) is 103 Å². The second kappa shape index (κ2) is 8.64. The summed E-state index contributed by atoms with van der Waals surface area (Å²) in [6.07, 6.45) is 6.06. The third-order valence-corrected chi connectivity index (χ3v) is 9.25. The molecule has 0 nitrogen and oxygen atoms in total. The monoisotopic (exact) mass is 342 g/mol. The summed E-state index contributed by atoms with van der Waals surface area (Å²) in [6, 6.07) is 33.2. The van der Waals surface area contributed by atoms with Crippen LogP contribution in [0.4, 0.5) is 0 Å². The number of benzene rings is 3. The van der Waals surface area contributed by atoms with Crippen LogP contribution < -0.4 is 15.6 Å². The van der Waals surface area contributed by atoms with E-state index in [1.807, 2.05) is 0 Å². The van der Waals surface area contributed by atoms with Gasteiger partial charge in [0.1, 0.15) is 0 Å². The minimum absolute atomic E-state index is 1.15. The van der Waals surface area contributed by atoms with Crippen LogP contribution in [0.25, 0.3) is 0 Å². The Morgan fingerprint density at radius 3 is 1.40 bits per heavy atom. The molecule has 25 heavy (non-hydrogen) atoms. The Morgan fingerprint density at radius 2 is 1.04 bits per heavy atom. The number of hydrogen-bond donors (Lipinski definition) is 0. The van der Waals surface area contributed by atoms with Crippen molar-refractivity contribution in [3.8, 4) is 0 Å². The average molecular weight is 343 g/mol. The highest BCUT2D eigenvalue weighted by atomic mass is 28.3. The lowest BCUT2D eigenvalue weighted by atomic mass is 10.2. The zero-order chi connectivity index (χ0) is 17.4. The van der Waals surface area contributed by atoms with Gasteiger partial charge >= 0.3 is 0 Å². The van der Waals surface area contributed by atoms with E-state index in [1.54, 1.807) is 0 Å². The lowest BCUT2D eigenvalue weighted by Crippen LogP contribution is -2.66. The van der Waals surface area contributed by atoms with Crippen LogP contribution in [-0.4, -0.2) is 8.07 Å². The Kier molecular flexibility index (Phi) is 6.03. The summed E-state index contributed by atoms with van der Waals surface area (Å²) in [7, 11) is -2.15. The molecular weight excluding hydrogens is 316 g/mol. The van der Waals surface area contributed by atoms with E-state index >= 15 is 0 Å². The first kappa shape index (κ1) is 17.4. The van der Waals surface area contributed by atoms with Crippen molar-refractivity contribution in [1.29, 1.82) is 0 Å². The lowest BCUT2D eigenvalue weighted by Gasteiger charge is -2.30. The van der Waals surface area contributed by atoms with Crippen molar-refractivity contribution in [2.75, 3.05) is 0 Å². The summed E-state index contributed by atoms with van der Waals surface area (Å²) >= 11 is 0. The first-order valence-electron chi connectivity index (χ1n) is 9.22. The van der Waals surface area contributed by atoms with Gasteiger partial charge in [-0.2, -0.15) is 0 Å². The van der Waals surface area contributed by atoms with Gasteiger partial charge in [0.2, 0.25) is 0 Å². The number of hydrogen-bond acceptors (Lipinski definition) is 0. The number of allylic oxidation sites excluding steroid dienone is 1. The van der Waals surface area contributed by atoms with Gasteiger partial charge in [-0.05, 0) is 22.0 Å². The van der Waals surface area contributed by atoms with Crippen molar-refractivity contribution >= 4 is 23.6 Å². The molecule has 3 aromatic rings. The van der Waals surface area contributed by atoms with Crippen molar-refractivity contribution in [2.24, 2.45) is 0 Å². The molecule has 0 atom stereocenters. The summed E-state index contributed by atoms with van der Waals surface area (Å²) in [6.45, 7) is 2.25. The van der Waals surface area contributed by atoms with Crippen LogP contribution in [0, 0.1) is 0 Å². The largest absolute Gasteiger partial charge is 0.172 e. The van der Waals surface area contributed by atoms with Gasteiger partial charge in [-0.25, -0.2) is 0 Å². The zero-order valence-electron chi connectivity index (χ0n) is 14.9. The van der Waals surface area contributed by atoms with Gasteiger partial charge < -0.3 is 0 Å². The van der Waals surface area contributed by atoms with Gasteiger partial charge in [-0.15, -0.1) is 0 Å². The molecule has 0 amide bonds. The van der Waals surface area contributed by atoms with Crippen molar-refractivity contribution in [1.82, 2.24) is 0 Å². The normalized spacial score (nSPS) is 11.7. The summed E-state index contributed by atoms with van der Waals surface area (Å²) in [5, 5.41) is 4.33. The molecule has 0 fully saturated rings. The van der Waals surface area contributed by atoms with E-state index in [2.05, 4.69) is 110 Å². The molecule has 3 rings (SSSR count). The van der Waals surface area contributed by atoms with Crippen molar-refractivity contribution < 1.29 is 0 Å². The Balaban J connectivity index is 2.22. The van der Waals surface area contributed by atoms with Crippen LogP contribution >= 0.6 is 0 Å². The Hall–Kier alpha value is -2.38. The molecule has 0 radical (unpaired) electrons. The fourth-order valence-electron chi connectivity index (χ4n) is 3.47. The summed E-state index contributed by atoms with van der Waals surface area (Å²) < 4.78 is 0. The summed E-state index contributed by atoms with van der Waals surface area (Å²) in [5.74, 6) is 0. The maximum absolute atomic E-state index is 2.54. The van der Waals surface area contributed by atoms with Gasteiger partial charge in [-0.1, -0.05) is 123 Å². The first-order valence-corrected chi connectivity index (χ1v) is 11.3. The topological polar surface area (TPSA) is 0 Å². The minimum atomic E-state index is -2.15. The molecule has 0 N–H and O–H groups in total. The van der Waals surface area contributed by atoms with E-state index in [9.17, 15) is 0 Å². The third-order valence-electron chi connectivity index (χ3n) is 4.78. The molecular formula is C24H26Si. The first-order chi connectivity index (χ1) is 12.4. The smallest absolute Gasteiger partial charge is 0.0914 e. The third kappa shape index (κ3) is 3.83. The molecule has 0 unspecified atom stereocenters. The van der Waals surface area contributed by atoms with Gasteiger partial charge in [0.15, 0.2) is 8.07 Å². The van der Waals surface area contributed by atoms with E-state index in [0.717, 1.165) is 6.42 Å². The van der Waals surface area contributed by atoms with Crippen LogP contribution in [0.3, 0.4) is 0 Å². The Bertz CT molecular complexity index is 679. The predicted octanol–water partition coefficient (Wildman–Crippen LogP) is 4.44. The highest BCUT2D eigenvalue weighted by Crippen LogP contribution is 2.11. The van der Waals surface area contributed by atoms with Crippen molar-refractivity contribution in [2.45, 2.75) is 26.2 Å². The molecule has 1 heteroatoms. The molecule has 0 spiro atoms. The quantitative estimate of drug-likeness (QED) is 0.338. The molecule has 0 aliphatic heterocycles. The fourth-order valence-corrected chi connectivity index (χ4v) is 7.73. The molecule has 3 aromatic carbocycles. The fraction of sp³-hybridized carbons (Fsp3) is 0.167. The molecule has 0 aliphatic rings. The summed E-state index contributed by atoms with van der Waals surface area (Å²) in [5.41, 5.74) is 2.54. The molecule has 0 bridgehead atoms. The second-order valence-corrected chi connectivity index (χ2v) is 10.1. The van der Waals surface area contributed by atoms with Crippen LogP contribution in [0.1, 0.15) is 26.2 Å². The van der Waals surface area contributed by atoms with E-state index in [4.69, 9.17) is 0 Å². The molecule has 0 saturated heterocycles. The Labute approximate surface area is 152 Å². The van der Waals surface area contributed by atoms with Gasteiger partial charge in [-0.3, -0.25) is 0 Å². The molecule has 0 aromatic heterocycles. The van der Waals surface area contributed by atoms with Gasteiger partial charge in [0.25, 0.3) is 0 Å². The minimum Gasteiger partial charge on any atom is -0.0914 e. The standard InChI is InChI=1S/C24H26Si/c1-2-3-4-14-21-25(22-15-8-5-9-16-22,23-17-10-6-11-18-23)24-19-12-7-13-20-24/h5-21H,2-4H2,1H3/b21-14+. The SMILES string of the molecule is CCCC/C=C/[Si](c1ccccc1)(c1ccccc1)c1ccccc1. The predicted molar refractivity (Wildman–Crippen MR) is 113 cm³/mol. The van der Waals surface area contributed by atoms with Crippen molar-refractivity contribution in [3.63, 3.8) is 0 Å². The van der Waals surface area contributed by atoms with E-state index in [-0.39, 0.29) is 0 Å². The zero-order valence-corrected chi connectivity index (χ0v) is 15.9. The average Bonchev–Trinajstić information content (AvgIpc) is 2.70. The van der Waals surface area contributed by atoms with E-state index < -0.39 is 8.07 Å². The lowest BCUT2D eigenvalue weighted by molar-refractivity contribution is 0.815. The highest BCUT2D eigenvalue weighted by molar-refractivity contribution is 7.14. The molecule has 0 aliphatic carbocycles. The number of unbranched alkanes of at least 4 members (excludes halogenated alkanes) is 2. The summed E-state index contributed by atoms with van der Waals surface area (Å²) in [4.78, 5) is 0. The highest BCUT2D eigenvalue weighted by Gasteiger charge is 2.36. The molecule has 0 heterocycles. The van der Waals surface area contributed by atoms with Gasteiger partial charge in [0.05, 0.1) is 0 Å². The maximum Gasteiger partial charge on any atom is 0.172 e. The Morgan fingerprint density at radius 1 is 0.640 bits per heavy atom. The van der Waals surface area contributed by atoms with Crippen LogP contribution in [0.2, 0.25) is 0 Å². The molecule has 0 saturated carbocycles. The second-order valence-electron chi connectivity index (χ2n) is 6.45. The maximum atomic E-state index is 2.54. The number of rotatable bonds is 7. The van der Waals surface area contributed by atoms with E-state index in [1.165, 1.54) is 28.4 Å². The van der Waals surface area contributed by atoms with Crippen LogP contribution in [-0.2, 0) is 0 Å².